The number of hydrogen-bond donors (Lipinski definition) is 2. The highest BCUT2D eigenvalue weighted by Gasteiger charge is 2.22. The van der Waals surface area contributed by atoms with Gasteiger partial charge in [-0.1, -0.05) is 6.07 Å². The first kappa shape index (κ1) is 20.6. The Morgan fingerprint density at radius 3 is 2.23 bits per heavy atom. The highest BCUT2D eigenvalue weighted by atomic mass is 16.2. The number of carbonyl (C=O) groups excluding carboxylic acids is 1. The summed E-state index contributed by atoms with van der Waals surface area (Å²) in [5, 5.41) is 14.8. The zero-order valence-corrected chi connectivity index (χ0v) is 18.1. The molecule has 8 heteroatoms. The molecule has 160 valence electrons. The van der Waals surface area contributed by atoms with Crippen LogP contribution in [0.5, 0.6) is 0 Å². The molecule has 0 unspecified atom stereocenters. The summed E-state index contributed by atoms with van der Waals surface area (Å²) in [6.07, 6.45) is 1.76. The maximum Gasteiger partial charge on any atom is 0.321 e. The van der Waals surface area contributed by atoms with Crippen LogP contribution in [-0.2, 0) is 0 Å². The van der Waals surface area contributed by atoms with Gasteiger partial charge in [-0.15, -0.1) is 10.2 Å². The predicted molar refractivity (Wildman–Crippen MR) is 123 cm³/mol. The van der Waals surface area contributed by atoms with Gasteiger partial charge in [0.15, 0.2) is 11.6 Å². The third-order valence-corrected chi connectivity index (χ3v) is 5.19. The maximum absolute atomic E-state index is 12.6. The molecule has 3 aromatic rings. The summed E-state index contributed by atoms with van der Waals surface area (Å²) in [4.78, 5) is 20.9. The minimum Gasteiger partial charge on any atom is -0.352 e. The van der Waals surface area contributed by atoms with E-state index in [-0.39, 0.29) is 6.03 Å². The lowest BCUT2D eigenvalue weighted by atomic mass is 10.1. The molecule has 1 aromatic carbocycles. The highest BCUT2D eigenvalue weighted by molar-refractivity contribution is 5.89. The Morgan fingerprint density at radius 1 is 0.839 bits per heavy atom. The van der Waals surface area contributed by atoms with Gasteiger partial charge in [0.2, 0.25) is 0 Å². The van der Waals surface area contributed by atoms with Crippen LogP contribution in [0.2, 0.25) is 0 Å². The van der Waals surface area contributed by atoms with Crippen molar-refractivity contribution in [1.29, 1.82) is 0 Å². The molecule has 1 aliphatic rings. The molecule has 1 saturated heterocycles. The molecule has 2 N–H and O–H groups in total. The van der Waals surface area contributed by atoms with Crippen LogP contribution in [0.25, 0.3) is 0 Å². The van der Waals surface area contributed by atoms with Crippen LogP contribution in [0.3, 0.4) is 0 Å². The zero-order valence-electron chi connectivity index (χ0n) is 18.1. The van der Waals surface area contributed by atoms with Gasteiger partial charge in [0.25, 0.3) is 0 Å². The van der Waals surface area contributed by atoms with Crippen LogP contribution in [0.4, 0.5) is 27.9 Å². The standard InChI is InChI=1S/C23H27N7O/c1-16-6-7-24-21(15-16)26-20-4-5-22(28-27-20)29-8-10-30(11-9-29)23(31)25-19-13-17(2)12-18(3)14-19/h4-7,12-15H,8-11H2,1-3H3,(H,25,31)(H,24,26,27). The summed E-state index contributed by atoms with van der Waals surface area (Å²) in [5.41, 5.74) is 4.23. The quantitative estimate of drug-likeness (QED) is 0.670. The number of aromatic nitrogens is 3. The van der Waals surface area contributed by atoms with E-state index in [4.69, 9.17) is 0 Å². The topological polar surface area (TPSA) is 86.3 Å². The third kappa shape index (κ3) is 5.28. The number of carbonyl (C=O) groups is 1. The third-order valence-electron chi connectivity index (χ3n) is 5.19. The normalized spacial score (nSPS) is 13.8. The minimum atomic E-state index is -0.0686. The lowest BCUT2D eigenvalue weighted by molar-refractivity contribution is 0.208. The van der Waals surface area contributed by atoms with Crippen molar-refractivity contribution >= 4 is 29.2 Å². The number of pyridine rings is 1. The fourth-order valence-electron chi connectivity index (χ4n) is 3.68. The molecule has 0 saturated carbocycles. The Labute approximate surface area is 182 Å². The van der Waals surface area contributed by atoms with Crippen LogP contribution in [0.1, 0.15) is 16.7 Å². The molecule has 0 radical (unpaired) electrons. The largest absolute Gasteiger partial charge is 0.352 e. The first-order valence-electron chi connectivity index (χ1n) is 10.4. The summed E-state index contributed by atoms with van der Waals surface area (Å²) in [6.45, 7) is 8.75. The van der Waals surface area contributed by atoms with Crippen molar-refractivity contribution in [3.8, 4) is 0 Å². The molecule has 4 rings (SSSR count). The first-order valence-corrected chi connectivity index (χ1v) is 10.4. The number of amides is 2. The molecule has 0 spiro atoms. The summed E-state index contributed by atoms with van der Waals surface area (Å²) in [7, 11) is 0. The molecule has 0 aliphatic carbocycles. The monoisotopic (exact) mass is 417 g/mol. The Balaban J connectivity index is 1.31. The Bertz CT molecular complexity index is 1040. The van der Waals surface area contributed by atoms with Crippen molar-refractivity contribution in [2.75, 3.05) is 41.7 Å². The van der Waals surface area contributed by atoms with E-state index in [1.165, 1.54) is 0 Å². The van der Waals surface area contributed by atoms with Crippen molar-refractivity contribution in [3.05, 3.63) is 65.4 Å². The maximum atomic E-state index is 12.6. The molecule has 1 fully saturated rings. The molecule has 1 aliphatic heterocycles. The number of piperazine rings is 1. The smallest absolute Gasteiger partial charge is 0.321 e. The molecular formula is C23H27N7O. The first-order chi connectivity index (χ1) is 15.0. The van der Waals surface area contributed by atoms with Crippen molar-refractivity contribution in [2.45, 2.75) is 20.8 Å². The summed E-state index contributed by atoms with van der Waals surface area (Å²) >= 11 is 0. The van der Waals surface area contributed by atoms with Gasteiger partial charge in [-0.05, 0) is 73.9 Å². The van der Waals surface area contributed by atoms with Gasteiger partial charge in [0, 0.05) is 38.1 Å². The Hall–Kier alpha value is -3.68. The van der Waals surface area contributed by atoms with E-state index in [1.54, 1.807) is 6.20 Å². The molecular weight excluding hydrogens is 390 g/mol. The van der Waals surface area contributed by atoms with E-state index in [9.17, 15) is 4.79 Å². The number of urea groups is 1. The van der Waals surface area contributed by atoms with Crippen LogP contribution in [-0.4, -0.2) is 52.3 Å². The van der Waals surface area contributed by atoms with E-state index in [0.29, 0.717) is 32.0 Å². The molecule has 2 amide bonds. The number of rotatable bonds is 4. The zero-order chi connectivity index (χ0) is 21.8. The Kier molecular flexibility index (Phi) is 5.97. The molecule has 3 heterocycles. The van der Waals surface area contributed by atoms with Crippen LogP contribution < -0.4 is 15.5 Å². The summed E-state index contributed by atoms with van der Waals surface area (Å²) in [6, 6.07) is 13.7. The predicted octanol–water partition coefficient (Wildman–Crippen LogP) is 3.89. The van der Waals surface area contributed by atoms with Gasteiger partial charge in [-0.2, -0.15) is 0 Å². The van der Waals surface area contributed by atoms with Gasteiger partial charge in [-0.25, -0.2) is 9.78 Å². The molecule has 31 heavy (non-hydrogen) atoms. The van der Waals surface area contributed by atoms with Gasteiger partial charge < -0.3 is 20.4 Å². The van der Waals surface area contributed by atoms with Gasteiger partial charge in [0.1, 0.15) is 5.82 Å². The second kappa shape index (κ2) is 8.99. The number of aryl methyl sites for hydroxylation is 3. The molecule has 8 nitrogen and oxygen atoms in total. The highest BCUT2D eigenvalue weighted by Crippen LogP contribution is 2.18. The SMILES string of the molecule is Cc1cc(C)cc(NC(=O)N2CCN(c3ccc(Nc4cc(C)ccn4)nn3)CC2)c1. The van der Waals surface area contributed by atoms with Crippen molar-refractivity contribution in [2.24, 2.45) is 0 Å². The van der Waals surface area contributed by atoms with E-state index in [0.717, 1.165) is 34.0 Å². The molecule has 0 bridgehead atoms. The van der Waals surface area contributed by atoms with Crippen LogP contribution in [0.15, 0.2) is 48.7 Å². The van der Waals surface area contributed by atoms with E-state index in [2.05, 4.69) is 36.8 Å². The second-order valence-corrected chi connectivity index (χ2v) is 7.90. The van der Waals surface area contributed by atoms with E-state index in [1.807, 2.05) is 62.1 Å². The number of nitrogens with zero attached hydrogens (tertiary/aromatic N) is 5. The van der Waals surface area contributed by atoms with Crippen LogP contribution in [0, 0.1) is 20.8 Å². The molecule has 2 aromatic heterocycles. The fourth-order valence-corrected chi connectivity index (χ4v) is 3.68. The van der Waals surface area contributed by atoms with Gasteiger partial charge >= 0.3 is 6.03 Å². The van der Waals surface area contributed by atoms with Gasteiger partial charge in [0.05, 0.1) is 0 Å². The van der Waals surface area contributed by atoms with Crippen molar-refractivity contribution in [3.63, 3.8) is 0 Å². The second-order valence-electron chi connectivity index (χ2n) is 7.90. The van der Waals surface area contributed by atoms with E-state index < -0.39 is 0 Å². The number of anilines is 4. The van der Waals surface area contributed by atoms with E-state index >= 15 is 0 Å². The van der Waals surface area contributed by atoms with Crippen molar-refractivity contribution in [1.82, 2.24) is 20.1 Å². The average molecular weight is 418 g/mol. The number of hydrogen-bond acceptors (Lipinski definition) is 6. The fraction of sp³-hybridized carbons (Fsp3) is 0.304. The summed E-state index contributed by atoms with van der Waals surface area (Å²) < 4.78 is 0. The van der Waals surface area contributed by atoms with Gasteiger partial charge in [-0.3, -0.25) is 0 Å². The lowest BCUT2D eigenvalue weighted by Crippen LogP contribution is -2.50. The lowest BCUT2D eigenvalue weighted by Gasteiger charge is -2.35. The number of benzene rings is 1. The average Bonchev–Trinajstić information content (AvgIpc) is 2.74. The Morgan fingerprint density at radius 2 is 1.58 bits per heavy atom. The number of nitrogens with one attached hydrogen (secondary N) is 2. The molecule has 0 atom stereocenters. The van der Waals surface area contributed by atoms with Crippen molar-refractivity contribution < 1.29 is 4.79 Å². The summed E-state index contributed by atoms with van der Waals surface area (Å²) in [5.74, 6) is 2.19. The minimum absolute atomic E-state index is 0.0686. The van der Waals surface area contributed by atoms with Crippen LogP contribution >= 0.6 is 0 Å².